The summed E-state index contributed by atoms with van der Waals surface area (Å²) in [4.78, 5) is 0. The molecule has 0 aromatic carbocycles. The van der Waals surface area contributed by atoms with E-state index in [1.54, 1.807) is 16.4 Å². The van der Waals surface area contributed by atoms with Gasteiger partial charge in [0.05, 0.1) is 7.05 Å². The van der Waals surface area contributed by atoms with Crippen LogP contribution in [0.1, 0.15) is 12.7 Å². The summed E-state index contributed by atoms with van der Waals surface area (Å²) in [7, 11) is 18.5. The first-order valence-electron chi connectivity index (χ1n) is 4.54. The molecular formula is C6H13Cl3N8Ru+. The Hall–Kier alpha value is -0.237. The molecule has 1 unspecified atom stereocenters. The number of rotatable bonds is 0. The van der Waals surface area contributed by atoms with E-state index >= 15 is 0 Å². The number of halogens is 3. The van der Waals surface area contributed by atoms with Crippen LogP contribution < -0.4 is 0 Å². The van der Waals surface area contributed by atoms with Crippen LogP contribution in [0, 0.1) is 6.92 Å². The third kappa shape index (κ3) is 8.80. The zero-order chi connectivity index (χ0) is 14.1. The van der Waals surface area contributed by atoms with Crippen LogP contribution in [0.4, 0.5) is 0 Å². The van der Waals surface area contributed by atoms with Gasteiger partial charge in [-0.15, -0.1) is 9.80 Å². The molecule has 2 rings (SSSR count). The SMILES string of the molecule is CC1N=NN=[N+]1C.Cc1nnnn1C.[Cl][Ru]([Cl])[Cl]. The molecule has 1 aliphatic rings. The van der Waals surface area contributed by atoms with E-state index in [-0.39, 0.29) is 6.17 Å². The zero-order valence-corrected chi connectivity index (χ0v) is 14.1. The monoisotopic (exact) mass is 404 g/mol. The molecule has 0 fully saturated rings. The van der Waals surface area contributed by atoms with Gasteiger partial charge in [-0.05, 0) is 17.4 Å². The second-order valence-corrected chi connectivity index (χ2v) is 10.9. The van der Waals surface area contributed by atoms with Gasteiger partial charge >= 0.3 is 42.1 Å². The van der Waals surface area contributed by atoms with Crippen molar-refractivity contribution in [2.24, 2.45) is 22.6 Å². The Balaban J connectivity index is 0.000000253. The van der Waals surface area contributed by atoms with Gasteiger partial charge in [0.15, 0.2) is 5.22 Å². The summed E-state index contributed by atoms with van der Waals surface area (Å²) in [5.41, 5.74) is 0. The Morgan fingerprint density at radius 2 is 1.89 bits per heavy atom. The summed E-state index contributed by atoms with van der Waals surface area (Å²) in [6, 6.07) is 0. The number of nitrogens with zero attached hydrogens (tertiary/aromatic N) is 8. The Bertz CT molecular complexity index is 386. The quantitative estimate of drug-likeness (QED) is 0.491. The number of hydrogen-bond acceptors (Lipinski definition) is 6. The Morgan fingerprint density at radius 3 is 2.00 bits per heavy atom. The fraction of sp³-hybridized carbons (Fsp3) is 0.833. The van der Waals surface area contributed by atoms with Crippen molar-refractivity contribution in [3.05, 3.63) is 5.82 Å². The third-order valence-corrected chi connectivity index (χ3v) is 1.77. The summed E-state index contributed by atoms with van der Waals surface area (Å²) in [5, 5.41) is 21.3. The van der Waals surface area contributed by atoms with E-state index in [0.29, 0.717) is 0 Å². The molecule has 0 N–H and O–H groups in total. The number of aryl methyl sites for hydroxylation is 2. The van der Waals surface area contributed by atoms with Crippen molar-refractivity contribution in [1.82, 2.24) is 20.2 Å². The van der Waals surface area contributed by atoms with Crippen LogP contribution in [-0.4, -0.2) is 38.1 Å². The molecule has 0 bridgehead atoms. The summed E-state index contributed by atoms with van der Waals surface area (Å²) >= 11 is -1.75. The van der Waals surface area contributed by atoms with Crippen LogP contribution in [0.15, 0.2) is 15.6 Å². The maximum atomic E-state index is 4.95. The van der Waals surface area contributed by atoms with Gasteiger partial charge in [0.2, 0.25) is 11.4 Å². The first-order valence-corrected chi connectivity index (χ1v) is 11.3. The van der Waals surface area contributed by atoms with Gasteiger partial charge in [-0.25, -0.2) is 4.68 Å². The molecule has 0 radical (unpaired) electrons. The molecule has 1 aromatic heterocycles. The van der Waals surface area contributed by atoms with Crippen LogP contribution in [0.5, 0.6) is 0 Å². The van der Waals surface area contributed by atoms with Crippen LogP contribution in [0.3, 0.4) is 0 Å². The van der Waals surface area contributed by atoms with Crippen molar-refractivity contribution in [3.8, 4) is 0 Å². The van der Waals surface area contributed by atoms with Crippen LogP contribution >= 0.6 is 29.1 Å². The summed E-state index contributed by atoms with van der Waals surface area (Å²) in [5.74, 6) is 0.833. The van der Waals surface area contributed by atoms with Crippen LogP contribution in [-0.2, 0) is 20.0 Å². The Morgan fingerprint density at radius 1 is 1.33 bits per heavy atom. The number of aromatic nitrogens is 4. The molecule has 18 heavy (non-hydrogen) atoms. The van der Waals surface area contributed by atoms with Crippen molar-refractivity contribution in [1.29, 1.82) is 0 Å². The van der Waals surface area contributed by atoms with E-state index in [1.165, 1.54) is 0 Å². The summed E-state index contributed by atoms with van der Waals surface area (Å²) in [6.07, 6.45) is 0.139. The zero-order valence-electron chi connectivity index (χ0n) is 10.1. The first kappa shape index (κ1) is 17.8. The molecule has 12 heteroatoms. The molecule has 105 valence electrons. The maximum absolute atomic E-state index is 4.95. The van der Waals surface area contributed by atoms with E-state index in [4.69, 9.17) is 29.1 Å². The second kappa shape index (κ2) is 9.66. The molecule has 1 aliphatic heterocycles. The van der Waals surface area contributed by atoms with E-state index in [2.05, 4.69) is 31.1 Å². The Labute approximate surface area is 122 Å². The van der Waals surface area contributed by atoms with E-state index < -0.39 is 13.0 Å². The van der Waals surface area contributed by atoms with Crippen molar-refractivity contribution >= 4 is 29.1 Å². The van der Waals surface area contributed by atoms with Crippen molar-refractivity contribution in [3.63, 3.8) is 0 Å². The predicted octanol–water partition coefficient (Wildman–Crippen LogP) is 2.39. The molecule has 0 aliphatic carbocycles. The molecule has 8 nitrogen and oxygen atoms in total. The molecule has 2 heterocycles. The molecular weight excluding hydrogens is 392 g/mol. The average Bonchev–Trinajstić information content (AvgIpc) is 2.79. The molecule has 0 saturated carbocycles. The van der Waals surface area contributed by atoms with Crippen molar-refractivity contribution in [2.75, 3.05) is 7.05 Å². The van der Waals surface area contributed by atoms with Gasteiger partial charge in [-0.2, -0.15) is 0 Å². The van der Waals surface area contributed by atoms with E-state index in [9.17, 15) is 0 Å². The average molecular weight is 405 g/mol. The molecule has 0 spiro atoms. The molecule has 0 saturated heterocycles. The third-order valence-electron chi connectivity index (χ3n) is 1.77. The molecule has 0 amide bonds. The van der Waals surface area contributed by atoms with Crippen molar-refractivity contribution in [2.45, 2.75) is 20.0 Å². The fourth-order valence-electron chi connectivity index (χ4n) is 0.585. The number of hydrogen-bond donors (Lipinski definition) is 0. The standard InChI is InChI=1S/C3H7N4.C3H6N4.3ClH.Ru/c2*1-3-4-5-6-7(3)2;;;;/h3H,1-2H3;1-2H3;3*1H;/q+1;;;;;+3/p-3. The summed E-state index contributed by atoms with van der Waals surface area (Å²) in [6.45, 7) is 3.78. The van der Waals surface area contributed by atoms with Gasteiger partial charge < -0.3 is 0 Å². The second-order valence-electron chi connectivity index (χ2n) is 3.00. The van der Waals surface area contributed by atoms with Gasteiger partial charge in [0, 0.05) is 19.1 Å². The van der Waals surface area contributed by atoms with Gasteiger partial charge in [-0.3, -0.25) is 0 Å². The van der Waals surface area contributed by atoms with Crippen LogP contribution in [0.2, 0.25) is 0 Å². The predicted molar refractivity (Wildman–Crippen MR) is 64.0 cm³/mol. The Kier molecular flexibility index (Phi) is 9.53. The fourth-order valence-corrected chi connectivity index (χ4v) is 0.585. The molecule has 1 atom stereocenters. The topological polar surface area (TPSA) is 83.7 Å². The van der Waals surface area contributed by atoms with Crippen molar-refractivity contribution < 1.29 is 17.7 Å². The minimum atomic E-state index is -1.75. The molecule has 1 aromatic rings. The number of tetrazole rings is 1. The first-order chi connectivity index (χ1) is 8.34. The van der Waals surface area contributed by atoms with E-state index in [1.807, 2.05) is 20.9 Å². The van der Waals surface area contributed by atoms with Gasteiger partial charge in [0.1, 0.15) is 5.82 Å². The van der Waals surface area contributed by atoms with Gasteiger partial charge in [0.25, 0.3) is 0 Å². The van der Waals surface area contributed by atoms with Crippen LogP contribution in [0.25, 0.3) is 0 Å². The van der Waals surface area contributed by atoms with Gasteiger partial charge in [-0.1, -0.05) is 0 Å². The van der Waals surface area contributed by atoms with E-state index in [0.717, 1.165) is 5.82 Å². The summed E-state index contributed by atoms with van der Waals surface area (Å²) < 4.78 is 3.31. The normalized spacial score (nSPS) is 17.2. The minimum absolute atomic E-state index is 0.139.